The highest BCUT2D eigenvalue weighted by atomic mass is 79.9. The molecular weight excluding hydrogens is 260 g/mol. The second-order valence-corrected chi connectivity index (χ2v) is 4.45. The molecule has 0 saturated heterocycles. The van der Waals surface area contributed by atoms with Gasteiger partial charge in [0.1, 0.15) is 0 Å². The van der Waals surface area contributed by atoms with Crippen LogP contribution in [0.25, 0.3) is 0 Å². The van der Waals surface area contributed by atoms with Crippen molar-refractivity contribution in [2.75, 3.05) is 0 Å². The van der Waals surface area contributed by atoms with Gasteiger partial charge in [0, 0.05) is 5.25 Å². The Bertz CT molecular complexity index is 341. The molecule has 1 aliphatic carbocycles. The summed E-state index contributed by atoms with van der Waals surface area (Å²) in [6.45, 7) is 0. The average Bonchev–Trinajstić information content (AvgIpc) is 2.48. The Kier molecular flexibility index (Phi) is 4.01. The van der Waals surface area contributed by atoms with Gasteiger partial charge in [0.15, 0.2) is 5.17 Å². The molecule has 0 fully saturated rings. The van der Waals surface area contributed by atoms with Crippen LogP contribution in [0.4, 0.5) is 0 Å². The van der Waals surface area contributed by atoms with Crippen LogP contribution in [0.2, 0.25) is 0 Å². The number of nitrogens with one attached hydrogen (secondary N) is 1. The van der Waals surface area contributed by atoms with E-state index in [-0.39, 0.29) is 22.1 Å². The summed E-state index contributed by atoms with van der Waals surface area (Å²) in [7, 11) is 0. The summed E-state index contributed by atoms with van der Waals surface area (Å²) in [5.74, 6) is 0. The minimum Gasteiger partial charge on any atom is -0.379 e. The quantitative estimate of drug-likeness (QED) is 0.610. The number of nitrogens with two attached hydrogens (primary N) is 1. The number of hydrogen-bond acceptors (Lipinski definition) is 2. The first-order valence-electron chi connectivity index (χ1n) is 4.36. The van der Waals surface area contributed by atoms with Crippen LogP contribution in [0.3, 0.4) is 0 Å². The molecule has 4 heteroatoms. The summed E-state index contributed by atoms with van der Waals surface area (Å²) < 4.78 is 0. The molecule has 2 nitrogen and oxygen atoms in total. The highest BCUT2D eigenvalue weighted by molar-refractivity contribution is 8.93. The molecule has 1 aromatic carbocycles. The van der Waals surface area contributed by atoms with E-state index in [1.807, 2.05) is 0 Å². The maximum Gasteiger partial charge on any atom is 0.151 e. The maximum atomic E-state index is 7.24. The molecule has 0 aromatic heterocycles. The van der Waals surface area contributed by atoms with E-state index in [9.17, 15) is 0 Å². The summed E-state index contributed by atoms with van der Waals surface area (Å²) >= 11 is 1.47. The average molecular weight is 273 g/mol. The lowest BCUT2D eigenvalue weighted by Gasteiger charge is -2.08. The summed E-state index contributed by atoms with van der Waals surface area (Å²) in [4.78, 5) is 0. The van der Waals surface area contributed by atoms with Gasteiger partial charge < -0.3 is 5.73 Å². The highest BCUT2D eigenvalue weighted by Gasteiger charge is 2.22. The van der Waals surface area contributed by atoms with Gasteiger partial charge in [-0.1, -0.05) is 36.0 Å². The zero-order chi connectivity index (χ0) is 9.26. The SMILES string of the molecule is Br.N=C(N)SC1CCc2ccccc21. The number of amidine groups is 1. The molecule has 0 amide bonds. The number of halogens is 1. The lowest BCUT2D eigenvalue weighted by molar-refractivity contribution is 0.894. The van der Waals surface area contributed by atoms with Gasteiger partial charge in [0.05, 0.1) is 0 Å². The lowest BCUT2D eigenvalue weighted by Crippen LogP contribution is -2.06. The van der Waals surface area contributed by atoms with Crippen LogP contribution in [0.1, 0.15) is 22.8 Å². The first-order chi connectivity index (χ1) is 6.27. The molecule has 76 valence electrons. The third-order valence-electron chi connectivity index (χ3n) is 2.35. The van der Waals surface area contributed by atoms with Crippen molar-refractivity contribution in [2.24, 2.45) is 5.73 Å². The second-order valence-electron chi connectivity index (χ2n) is 3.21. The molecule has 0 radical (unpaired) electrons. The number of thioether (sulfide) groups is 1. The first-order valence-corrected chi connectivity index (χ1v) is 5.24. The summed E-state index contributed by atoms with van der Waals surface area (Å²) in [5, 5.41) is 7.88. The molecule has 1 aliphatic rings. The molecule has 0 aliphatic heterocycles. The zero-order valence-electron chi connectivity index (χ0n) is 7.69. The Hall–Kier alpha value is -0.480. The van der Waals surface area contributed by atoms with Crippen LogP contribution >= 0.6 is 28.7 Å². The van der Waals surface area contributed by atoms with E-state index < -0.39 is 0 Å². The Labute approximate surface area is 98.5 Å². The van der Waals surface area contributed by atoms with Crippen molar-refractivity contribution in [2.45, 2.75) is 18.1 Å². The van der Waals surface area contributed by atoms with Crippen LogP contribution < -0.4 is 5.73 Å². The van der Waals surface area contributed by atoms with Gasteiger partial charge in [-0.05, 0) is 24.0 Å². The molecule has 3 N–H and O–H groups in total. The second kappa shape index (κ2) is 4.84. The molecule has 0 bridgehead atoms. The molecule has 1 unspecified atom stereocenters. The first kappa shape index (κ1) is 11.6. The Morgan fingerprint density at radius 3 is 2.86 bits per heavy atom. The van der Waals surface area contributed by atoms with Crippen molar-refractivity contribution in [1.82, 2.24) is 0 Å². The number of aryl methyl sites for hydroxylation is 1. The third-order valence-corrected chi connectivity index (χ3v) is 3.38. The van der Waals surface area contributed by atoms with E-state index in [1.54, 1.807) is 0 Å². The Morgan fingerprint density at radius 1 is 1.43 bits per heavy atom. The molecule has 1 aromatic rings. The van der Waals surface area contributed by atoms with Crippen LogP contribution in [-0.2, 0) is 6.42 Å². The van der Waals surface area contributed by atoms with Crippen molar-refractivity contribution in [3.05, 3.63) is 35.4 Å². The predicted molar refractivity (Wildman–Crippen MR) is 67.3 cm³/mol. The third kappa shape index (κ3) is 2.30. The van der Waals surface area contributed by atoms with Crippen molar-refractivity contribution in [1.29, 1.82) is 5.41 Å². The monoisotopic (exact) mass is 272 g/mol. The minimum atomic E-state index is 0. The van der Waals surface area contributed by atoms with Crippen LogP contribution in [0.5, 0.6) is 0 Å². The molecular formula is C10H13BrN2S. The van der Waals surface area contributed by atoms with Gasteiger partial charge >= 0.3 is 0 Å². The van der Waals surface area contributed by atoms with Crippen molar-refractivity contribution in [3.63, 3.8) is 0 Å². The van der Waals surface area contributed by atoms with Crippen molar-refractivity contribution >= 4 is 33.9 Å². The van der Waals surface area contributed by atoms with E-state index in [1.165, 1.54) is 22.9 Å². The Morgan fingerprint density at radius 2 is 2.14 bits per heavy atom. The van der Waals surface area contributed by atoms with E-state index in [0.29, 0.717) is 5.25 Å². The van der Waals surface area contributed by atoms with Gasteiger partial charge in [-0.15, -0.1) is 17.0 Å². The van der Waals surface area contributed by atoms with Crippen LogP contribution in [-0.4, -0.2) is 5.17 Å². The van der Waals surface area contributed by atoms with Gasteiger partial charge in [0.2, 0.25) is 0 Å². The topological polar surface area (TPSA) is 49.9 Å². The molecule has 2 rings (SSSR count). The summed E-state index contributed by atoms with van der Waals surface area (Å²) in [6, 6.07) is 8.43. The van der Waals surface area contributed by atoms with Gasteiger partial charge in [0.25, 0.3) is 0 Å². The smallest absolute Gasteiger partial charge is 0.151 e. The van der Waals surface area contributed by atoms with Gasteiger partial charge in [-0.3, -0.25) is 5.41 Å². The van der Waals surface area contributed by atoms with Crippen LogP contribution in [0, 0.1) is 5.41 Å². The lowest BCUT2D eigenvalue weighted by atomic mass is 10.1. The van der Waals surface area contributed by atoms with E-state index in [2.05, 4.69) is 24.3 Å². The number of fused-ring (bicyclic) bond motifs is 1. The molecule has 1 atom stereocenters. The fourth-order valence-electron chi connectivity index (χ4n) is 1.79. The maximum absolute atomic E-state index is 7.24. The normalized spacial score (nSPS) is 18.4. The highest BCUT2D eigenvalue weighted by Crippen LogP contribution is 2.40. The largest absolute Gasteiger partial charge is 0.379 e. The van der Waals surface area contributed by atoms with Crippen molar-refractivity contribution < 1.29 is 0 Å². The minimum absolute atomic E-state index is 0. The molecule has 14 heavy (non-hydrogen) atoms. The molecule has 0 spiro atoms. The van der Waals surface area contributed by atoms with E-state index >= 15 is 0 Å². The van der Waals surface area contributed by atoms with E-state index in [0.717, 1.165) is 12.8 Å². The molecule has 0 heterocycles. The van der Waals surface area contributed by atoms with Crippen molar-refractivity contribution in [3.8, 4) is 0 Å². The number of rotatable bonds is 1. The number of benzene rings is 1. The fraction of sp³-hybridized carbons (Fsp3) is 0.300. The standard InChI is InChI=1S/C10H12N2S.BrH/c11-10(12)13-9-6-5-7-3-1-2-4-8(7)9;/h1-4,9H,5-6H2,(H3,11,12);1H. The van der Waals surface area contributed by atoms with Gasteiger partial charge in [-0.25, -0.2) is 0 Å². The van der Waals surface area contributed by atoms with Gasteiger partial charge in [-0.2, -0.15) is 0 Å². The van der Waals surface area contributed by atoms with E-state index in [4.69, 9.17) is 11.1 Å². The predicted octanol–water partition coefficient (Wildman–Crippen LogP) is 2.88. The molecule has 0 saturated carbocycles. The Balaban J connectivity index is 0.000000980. The number of hydrogen-bond donors (Lipinski definition) is 2. The summed E-state index contributed by atoms with van der Waals surface area (Å²) in [5.41, 5.74) is 8.16. The van der Waals surface area contributed by atoms with Crippen LogP contribution in [0.15, 0.2) is 24.3 Å². The summed E-state index contributed by atoms with van der Waals surface area (Å²) in [6.07, 6.45) is 2.24. The fourth-order valence-corrected chi connectivity index (χ4v) is 2.69. The zero-order valence-corrected chi connectivity index (χ0v) is 10.2.